The minimum atomic E-state index is -3.46. The predicted molar refractivity (Wildman–Crippen MR) is 71.7 cm³/mol. The van der Waals surface area contributed by atoms with E-state index < -0.39 is 15.8 Å². The monoisotopic (exact) mass is 304 g/mol. The molecule has 0 aliphatic carbocycles. The van der Waals surface area contributed by atoms with Gasteiger partial charge < -0.3 is 0 Å². The van der Waals surface area contributed by atoms with E-state index in [4.69, 9.17) is 16.9 Å². The van der Waals surface area contributed by atoms with Crippen LogP contribution >= 0.6 is 11.6 Å². The molecular weight excluding hydrogens is 291 g/mol. The summed E-state index contributed by atoms with van der Waals surface area (Å²) in [6, 6.07) is 5.75. The quantitative estimate of drug-likeness (QED) is 0.756. The van der Waals surface area contributed by atoms with E-state index in [1.165, 1.54) is 19.2 Å². The number of nitriles is 1. The minimum absolute atomic E-state index is 0.0768. The van der Waals surface area contributed by atoms with Gasteiger partial charge in [-0.05, 0) is 24.6 Å². The van der Waals surface area contributed by atoms with Gasteiger partial charge in [-0.1, -0.05) is 0 Å². The normalized spacial score (nSPS) is 11.5. The van der Waals surface area contributed by atoms with E-state index in [-0.39, 0.29) is 23.7 Å². The Labute approximate surface area is 117 Å². The molecule has 0 atom stereocenters. The van der Waals surface area contributed by atoms with Gasteiger partial charge in [-0.15, -0.1) is 11.6 Å². The molecule has 0 fully saturated rings. The summed E-state index contributed by atoms with van der Waals surface area (Å²) in [7, 11) is -2.08. The summed E-state index contributed by atoms with van der Waals surface area (Å²) in [6.45, 7) is -0.105. The minimum Gasteiger partial charge on any atom is -0.212 e. The second-order valence-corrected chi connectivity index (χ2v) is 6.61. The van der Waals surface area contributed by atoms with E-state index in [1.807, 2.05) is 6.07 Å². The van der Waals surface area contributed by atoms with Crippen molar-refractivity contribution in [1.82, 2.24) is 4.31 Å². The lowest BCUT2D eigenvalue weighted by atomic mass is 10.1. The number of benzene rings is 1. The van der Waals surface area contributed by atoms with E-state index in [9.17, 15) is 12.8 Å². The fraction of sp³-hybridized carbons (Fsp3) is 0.417. The standard InChI is InChI=1S/C12H14ClFN2O2S/c1-16(19(17,18)6-2-5-13)9-11-7-10(8-15)3-4-12(11)14/h3-4,7H,2,5-6,9H2,1H3. The van der Waals surface area contributed by atoms with Crippen LogP contribution in [-0.2, 0) is 16.6 Å². The van der Waals surface area contributed by atoms with Crippen LogP contribution in [0, 0.1) is 17.1 Å². The summed E-state index contributed by atoms with van der Waals surface area (Å²) in [6.07, 6.45) is 0.342. The third-order valence-corrected chi connectivity index (χ3v) is 4.73. The van der Waals surface area contributed by atoms with Gasteiger partial charge in [0.25, 0.3) is 0 Å². The van der Waals surface area contributed by atoms with Crippen molar-refractivity contribution in [3.8, 4) is 6.07 Å². The zero-order valence-electron chi connectivity index (χ0n) is 10.4. The van der Waals surface area contributed by atoms with Crippen LogP contribution in [-0.4, -0.2) is 31.4 Å². The molecule has 0 aliphatic rings. The Hall–Kier alpha value is -1.16. The molecule has 0 bridgehead atoms. The average Bonchev–Trinajstić information content (AvgIpc) is 2.38. The number of hydrogen-bond donors (Lipinski definition) is 0. The second kappa shape index (κ2) is 6.85. The van der Waals surface area contributed by atoms with Gasteiger partial charge in [-0.2, -0.15) is 5.26 Å². The van der Waals surface area contributed by atoms with Crippen molar-refractivity contribution >= 4 is 21.6 Å². The molecule has 0 heterocycles. The van der Waals surface area contributed by atoms with Crippen molar-refractivity contribution in [2.24, 2.45) is 0 Å². The second-order valence-electron chi connectivity index (χ2n) is 4.03. The van der Waals surface area contributed by atoms with Crippen LogP contribution in [0.25, 0.3) is 0 Å². The van der Waals surface area contributed by atoms with Crippen LogP contribution < -0.4 is 0 Å². The number of nitrogens with zero attached hydrogens (tertiary/aromatic N) is 2. The third-order valence-electron chi connectivity index (χ3n) is 2.58. The summed E-state index contributed by atoms with van der Waals surface area (Å²) in [5.41, 5.74) is 0.471. The van der Waals surface area contributed by atoms with Gasteiger partial charge in [0.1, 0.15) is 5.82 Å². The van der Waals surface area contributed by atoms with Crippen LogP contribution in [0.1, 0.15) is 17.5 Å². The molecule has 4 nitrogen and oxygen atoms in total. The van der Waals surface area contributed by atoms with E-state index in [0.29, 0.717) is 12.0 Å². The fourth-order valence-corrected chi connectivity index (χ4v) is 2.95. The zero-order chi connectivity index (χ0) is 14.5. The first-order chi connectivity index (χ1) is 8.90. The number of rotatable bonds is 6. The topological polar surface area (TPSA) is 61.2 Å². The van der Waals surface area contributed by atoms with Gasteiger partial charge in [0.05, 0.1) is 17.4 Å². The Bertz CT molecular complexity index is 584. The van der Waals surface area contributed by atoms with E-state index in [1.54, 1.807) is 0 Å². The van der Waals surface area contributed by atoms with Crippen molar-refractivity contribution in [2.45, 2.75) is 13.0 Å². The predicted octanol–water partition coefficient (Wildman–Crippen LogP) is 2.09. The first-order valence-electron chi connectivity index (χ1n) is 5.59. The molecule has 0 amide bonds. The van der Waals surface area contributed by atoms with Gasteiger partial charge in [0.2, 0.25) is 10.0 Å². The smallest absolute Gasteiger partial charge is 0.212 e. The summed E-state index contributed by atoms with van der Waals surface area (Å²) in [5, 5.41) is 8.74. The fourth-order valence-electron chi connectivity index (χ4n) is 1.50. The molecule has 0 saturated heterocycles. The van der Waals surface area contributed by atoms with E-state index in [0.717, 1.165) is 10.4 Å². The van der Waals surface area contributed by atoms with Crippen LogP contribution in [0.5, 0.6) is 0 Å². The molecule has 0 saturated carbocycles. The lowest BCUT2D eigenvalue weighted by molar-refractivity contribution is 0.456. The Balaban J connectivity index is 2.88. The molecule has 0 spiro atoms. The Morgan fingerprint density at radius 1 is 1.47 bits per heavy atom. The number of alkyl halides is 1. The molecular formula is C12H14ClFN2O2S. The first-order valence-corrected chi connectivity index (χ1v) is 7.73. The number of halogens is 2. The Morgan fingerprint density at radius 2 is 2.16 bits per heavy atom. The molecule has 0 radical (unpaired) electrons. The lowest BCUT2D eigenvalue weighted by Crippen LogP contribution is -2.29. The maximum Gasteiger partial charge on any atom is 0.214 e. The molecule has 0 aliphatic heterocycles. The molecule has 0 N–H and O–H groups in total. The molecule has 19 heavy (non-hydrogen) atoms. The number of sulfonamides is 1. The molecule has 0 aromatic heterocycles. The van der Waals surface area contributed by atoms with Crippen molar-refractivity contribution in [2.75, 3.05) is 18.7 Å². The van der Waals surface area contributed by atoms with E-state index >= 15 is 0 Å². The molecule has 1 aromatic rings. The van der Waals surface area contributed by atoms with Crippen LogP contribution in [0.4, 0.5) is 4.39 Å². The average molecular weight is 305 g/mol. The van der Waals surface area contributed by atoms with Crippen molar-refractivity contribution in [3.05, 3.63) is 35.1 Å². The van der Waals surface area contributed by atoms with Crippen LogP contribution in [0.2, 0.25) is 0 Å². The van der Waals surface area contributed by atoms with Gasteiger partial charge in [-0.3, -0.25) is 0 Å². The van der Waals surface area contributed by atoms with Gasteiger partial charge in [0, 0.05) is 25.0 Å². The lowest BCUT2D eigenvalue weighted by Gasteiger charge is -2.17. The van der Waals surface area contributed by atoms with Gasteiger partial charge >= 0.3 is 0 Å². The van der Waals surface area contributed by atoms with Crippen molar-refractivity contribution in [3.63, 3.8) is 0 Å². The highest BCUT2D eigenvalue weighted by Gasteiger charge is 2.19. The largest absolute Gasteiger partial charge is 0.214 e. The third kappa shape index (κ3) is 4.46. The summed E-state index contributed by atoms with van der Waals surface area (Å²) in [4.78, 5) is 0. The first kappa shape index (κ1) is 15.9. The Morgan fingerprint density at radius 3 is 2.74 bits per heavy atom. The Kier molecular flexibility index (Phi) is 5.73. The SMILES string of the molecule is CN(Cc1cc(C#N)ccc1F)S(=O)(=O)CCCCl. The maximum atomic E-state index is 13.6. The summed E-state index contributed by atoms with van der Waals surface area (Å²) >= 11 is 5.46. The molecule has 0 unspecified atom stereocenters. The van der Waals surface area contributed by atoms with Gasteiger partial charge in [0.15, 0.2) is 0 Å². The number of hydrogen-bond acceptors (Lipinski definition) is 3. The van der Waals surface area contributed by atoms with Crippen LogP contribution in [0.3, 0.4) is 0 Å². The highest BCUT2D eigenvalue weighted by molar-refractivity contribution is 7.89. The summed E-state index contributed by atoms with van der Waals surface area (Å²) < 4.78 is 38.3. The molecule has 1 rings (SSSR count). The summed E-state index contributed by atoms with van der Waals surface area (Å²) in [5.74, 6) is -0.351. The molecule has 1 aromatic carbocycles. The highest BCUT2D eigenvalue weighted by Crippen LogP contribution is 2.14. The zero-order valence-corrected chi connectivity index (χ0v) is 12.0. The molecule has 104 valence electrons. The van der Waals surface area contributed by atoms with Crippen molar-refractivity contribution in [1.29, 1.82) is 5.26 Å². The molecule has 7 heteroatoms. The van der Waals surface area contributed by atoms with E-state index in [2.05, 4.69) is 0 Å². The highest BCUT2D eigenvalue weighted by atomic mass is 35.5. The maximum absolute atomic E-state index is 13.6. The van der Waals surface area contributed by atoms with Crippen molar-refractivity contribution < 1.29 is 12.8 Å². The van der Waals surface area contributed by atoms with Crippen LogP contribution in [0.15, 0.2) is 18.2 Å². The van der Waals surface area contributed by atoms with Gasteiger partial charge in [-0.25, -0.2) is 17.1 Å².